The number of phenolic OH excluding ortho intramolecular Hbond substituents is 1. The first-order valence-corrected chi connectivity index (χ1v) is 2.85. The zero-order chi connectivity index (χ0) is 8.43. The first-order chi connectivity index (χ1) is 5.13. The van der Waals surface area contributed by atoms with Crippen molar-refractivity contribution < 1.29 is 39.0 Å². The fourth-order valence-corrected chi connectivity index (χ4v) is 0.696. The Balaban J connectivity index is 0.00000121. The van der Waals surface area contributed by atoms with Crippen LogP contribution in [-0.4, -0.2) is 16.2 Å². The molecule has 0 saturated carbocycles. The Morgan fingerprint density at radius 3 is 2.33 bits per heavy atom. The first kappa shape index (κ1) is 10.9. The Labute approximate surface area is 80.6 Å². The number of benzene rings is 1. The second kappa shape index (κ2) is 4.05. The fraction of sp³-hybridized carbons (Fsp3) is 0. The standard InChI is InChI=1S/C7H6O4.Li/c8-5-3-1-2-4(6(5)9)7(10)11;/h1-3,8-9H,(H,10,11);/q;+1/p-1. The summed E-state index contributed by atoms with van der Waals surface area (Å²) in [4.78, 5) is 10.2. The second-order valence-corrected chi connectivity index (χ2v) is 1.96. The number of aromatic hydroxyl groups is 2. The van der Waals surface area contributed by atoms with Gasteiger partial charge in [0.1, 0.15) is 0 Å². The summed E-state index contributed by atoms with van der Waals surface area (Å²) in [5.41, 5.74) is -0.412. The molecule has 1 aromatic carbocycles. The molecule has 5 heteroatoms. The summed E-state index contributed by atoms with van der Waals surface area (Å²) in [6.07, 6.45) is 0. The van der Waals surface area contributed by atoms with Gasteiger partial charge in [0, 0.05) is 5.56 Å². The van der Waals surface area contributed by atoms with Crippen molar-refractivity contribution in [3.63, 3.8) is 0 Å². The van der Waals surface area contributed by atoms with Crippen LogP contribution in [0.15, 0.2) is 18.2 Å². The molecule has 0 bridgehead atoms. The van der Waals surface area contributed by atoms with E-state index in [1.807, 2.05) is 0 Å². The van der Waals surface area contributed by atoms with Crippen molar-refractivity contribution in [2.45, 2.75) is 0 Å². The van der Waals surface area contributed by atoms with Gasteiger partial charge in [0.05, 0.1) is 5.97 Å². The molecule has 0 aromatic heterocycles. The molecule has 0 heterocycles. The number of carboxylic acids is 1. The molecule has 0 radical (unpaired) electrons. The van der Waals surface area contributed by atoms with Gasteiger partial charge >= 0.3 is 18.9 Å². The zero-order valence-electron chi connectivity index (χ0n) is 6.44. The molecule has 1 rings (SSSR count). The Hall–Kier alpha value is -1.11. The van der Waals surface area contributed by atoms with E-state index < -0.39 is 23.0 Å². The molecule has 4 nitrogen and oxygen atoms in total. The van der Waals surface area contributed by atoms with E-state index in [0.29, 0.717) is 0 Å². The van der Waals surface area contributed by atoms with Crippen LogP contribution < -0.4 is 24.0 Å². The van der Waals surface area contributed by atoms with Crippen LogP contribution in [0, 0.1) is 0 Å². The van der Waals surface area contributed by atoms with Gasteiger partial charge in [-0.2, -0.15) is 0 Å². The van der Waals surface area contributed by atoms with E-state index in [2.05, 4.69) is 0 Å². The van der Waals surface area contributed by atoms with Crippen LogP contribution in [0.5, 0.6) is 11.5 Å². The molecule has 0 unspecified atom stereocenters. The average molecular weight is 160 g/mol. The Morgan fingerprint density at radius 1 is 1.33 bits per heavy atom. The summed E-state index contributed by atoms with van der Waals surface area (Å²) in [5.74, 6) is -2.64. The normalized spacial score (nSPS) is 8.67. The molecule has 0 atom stereocenters. The van der Waals surface area contributed by atoms with Crippen LogP contribution in [0.2, 0.25) is 0 Å². The number of aromatic carboxylic acids is 1. The molecule has 0 aliphatic rings. The van der Waals surface area contributed by atoms with Gasteiger partial charge in [0.15, 0.2) is 11.5 Å². The van der Waals surface area contributed by atoms with Crippen molar-refractivity contribution in [3.05, 3.63) is 23.8 Å². The topological polar surface area (TPSA) is 80.6 Å². The number of para-hydroxylation sites is 1. The van der Waals surface area contributed by atoms with Gasteiger partial charge in [-0.25, -0.2) is 0 Å². The Kier molecular flexibility index (Phi) is 3.67. The number of hydrogen-bond donors (Lipinski definition) is 2. The number of rotatable bonds is 1. The maximum absolute atomic E-state index is 10.2. The molecule has 0 saturated heterocycles. The minimum Gasteiger partial charge on any atom is -0.545 e. The molecular weight excluding hydrogens is 155 g/mol. The van der Waals surface area contributed by atoms with Gasteiger partial charge in [0.2, 0.25) is 0 Å². The van der Waals surface area contributed by atoms with Gasteiger partial charge in [-0.15, -0.1) is 0 Å². The van der Waals surface area contributed by atoms with Crippen molar-refractivity contribution in [2.75, 3.05) is 0 Å². The summed E-state index contributed by atoms with van der Waals surface area (Å²) in [6.45, 7) is 0. The SMILES string of the molecule is O=C([O-])c1cccc(O)c1O.[Li+]. The van der Waals surface area contributed by atoms with Crippen molar-refractivity contribution in [2.24, 2.45) is 0 Å². The van der Waals surface area contributed by atoms with Gasteiger partial charge in [-0.3, -0.25) is 0 Å². The molecule has 0 amide bonds. The van der Waals surface area contributed by atoms with Gasteiger partial charge in [-0.05, 0) is 12.1 Å². The molecule has 0 spiro atoms. The Morgan fingerprint density at radius 2 is 1.92 bits per heavy atom. The zero-order valence-corrected chi connectivity index (χ0v) is 6.44. The van der Waals surface area contributed by atoms with E-state index in [1.54, 1.807) is 0 Å². The van der Waals surface area contributed by atoms with Gasteiger partial charge in [0.25, 0.3) is 0 Å². The van der Waals surface area contributed by atoms with Gasteiger partial charge < -0.3 is 20.1 Å². The first-order valence-electron chi connectivity index (χ1n) is 2.85. The number of carbonyl (C=O) groups is 1. The molecule has 2 N–H and O–H groups in total. The van der Waals surface area contributed by atoms with Crippen molar-refractivity contribution in [3.8, 4) is 11.5 Å². The largest absolute Gasteiger partial charge is 1.00 e. The maximum Gasteiger partial charge on any atom is 1.00 e. The third-order valence-electron chi connectivity index (χ3n) is 1.23. The predicted octanol–water partition coefficient (Wildman–Crippen LogP) is -3.53. The van der Waals surface area contributed by atoms with E-state index in [4.69, 9.17) is 10.2 Å². The maximum atomic E-state index is 10.2. The summed E-state index contributed by atoms with van der Waals surface area (Å²) < 4.78 is 0. The Bertz CT molecular complexity index is 297. The molecule has 0 aliphatic carbocycles. The fourth-order valence-electron chi connectivity index (χ4n) is 0.696. The molecular formula is C7H5LiO4. The number of carboxylic acid groups (broad SMARTS) is 1. The minimum atomic E-state index is -1.52. The minimum absolute atomic E-state index is 0. The monoisotopic (exact) mass is 160 g/mol. The van der Waals surface area contributed by atoms with Crippen LogP contribution in [0.25, 0.3) is 0 Å². The second-order valence-electron chi connectivity index (χ2n) is 1.96. The summed E-state index contributed by atoms with van der Waals surface area (Å²) in [5, 5.41) is 27.9. The third-order valence-corrected chi connectivity index (χ3v) is 1.23. The van der Waals surface area contributed by atoms with Crippen LogP contribution in [-0.2, 0) is 0 Å². The van der Waals surface area contributed by atoms with Crippen molar-refractivity contribution in [1.82, 2.24) is 0 Å². The van der Waals surface area contributed by atoms with E-state index in [9.17, 15) is 9.90 Å². The van der Waals surface area contributed by atoms with E-state index in [-0.39, 0.29) is 18.9 Å². The molecule has 12 heavy (non-hydrogen) atoms. The molecule has 0 aliphatic heterocycles. The van der Waals surface area contributed by atoms with Crippen LogP contribution in [0.1, 0.15) is 10.4 Å². The quantitative estimate of drug-likeness (QED) is 0.329. The molecule has 0 fully saturated rings. The molecule has 58 valence electrons. The number of phenols is 2. The predicted molar refractivity (Wildman–Crippen MR) is 34.1 cm³/mol. The third kappa shape index (κ3) is 1.94. The summed E-state index contributed by atoms with van der Waals surface area (Å²) >= 11 is 0. The summed E-state index contributed by atoms with van der Waals surface area (Å²) in [7, 11) is 0. The van der Waals surface area contributed by atoms with E-state index in [0.717, 1.165) is 6.07 Å². The van der Waals surface area contributed by atoms with E-state index >= 15 is 0 Å². The van der Waals surface area contributed by atoms with Crippen LogP contribution in [0.3, 0.4) is 0 Å². The van der Waals surface area contributed by atoms with Crippen molar-refractivity contribution >= 4 is 5.97 Å². The van der Waals surface area contributed by atoms with Gasteiger partial charge in [-0.1, -0.05) is 6.07 Å². The molecule has 1 aromatic rings. The van der Waals surface area contributed by atoms with Crippen LogP contribution >= 0.6 is 0 Å². The number of hydrogen-bond acceptors (Lipinski definition) is 4. The van der Waals surface area contributed by atoms with Crippen LogP contribution in [0.4, 0.5) is 0 Å². The van der Waals surface area contributed by atoms with E-state index in [1.165, 1.54) is 12.1 Å². The number of carbonyl (C=O) groups excluding carboxylic acids is 1. The van der Waals surface area contributed by atoms with Crippen molar-refractivity contribution in [1.29, 1.82) is 0 Å². The smallest absolute Gasteiger partial charge is 0.545 e. The average Bonchev–Trinajstić information content (AvgIpc) is 1.94. The summed E-state index contributed by atoms with van der Waals surface area (Å²) in [6, 6.07) is 3.63.